The first-order valence-corrected chi connectivity index (χ1v) is 12.0. The zero-order chi connectivity index (χ0) is 23.5. The zero-order valence-electron chi connectivity index (χ0n) is 18.6. The maximum absolute atomic E-state index is 14.2. The monoisotopic (exact) mass is 457 g/mol. The second kappa shape index (κ2) is 9.67. The average molecular weight is 458 g/mol. The largest absolute Gasteiger partial charge is 0.348 e. The third-order valence-electron chi connectivity index (χ3n) is 5.02. The van der Waals surface area contributed by atoms with Crippen LogP contribution in [0, 0.1) is 19.7 Å². The Kier molecular flexibility index (Phi) is 7.16. The van der Waals surface area contributed by atoms with E-state index in [1.165, 1.54) is 6.07 Å². The highest BCUT2D eigenvalue weighted by atomic mass is 32.2. The molecule has 0 bridgehead atoms. The van der Waals surface area contributed by atoms with Crippen molar-refractivity contribution in [3.8, 4) is 5.69 Å². The third kappa shape index (κ3) is 5.63. The quantitative estimate of drug-likeness (QED) is 0.537. The third-order valence-corrected chi connectivity index (χ3v) is 6.56. The summed E-state index contributed by atoms with van der Waals surface area (Å²) in [4.78, 5) is 12.8. The Bertz CT molecular complexity index is 1220. The van der Waals surface area contributed by atoms with E-state index >= 15 is 0 Å². The van der Waals surface area contributed by atoms with Gasteiger partial charge in [0, 0.05) is 24.0 Å². The molecular formula is C24H28FN3O3S. The standard InChI is InChI=1S/C24H28FN3O3S/c1-16(2)27-32(30,31)15-20-11-9-19(10-12-20)14-26-24(29)21-13-17(3)28(18(21)4)23-8-6-5-7-22(23)25/h5-13,16,27H,14-15H2,1-4H3,(H,26,29). The van der Waals surface area contributed by atoms with Crippen molar-refractivity contribution in [1.29, 1.82) is 0 Å². The van der Waals surface area contributed by atoms with E-state index in [2.05, 4.69) is 10.0 Å². The number of benzene rings is 2. The van der Waals surface area contributed by atoms with Crippen LogP contribution in [0.15, 0.2) is 54.6 Å². The molecule has 0 unspecified atom stereocenters. The van der Waals surface area contributed by atoms with E-state index in [0.29, 0.717) is 29.1 Å². The molecule has 0 aliphatic carbocycles. The number of aryl methyl sites for hydroxylation is 1. The molecule has 1 heterocycles. The first kappa shape index (κ1) is 23.7. The minimum Gasteiger partial charge on any atom is -0.348 e. The van der Waals surface area contributed by atoms with E-state index in [4.69, 9.17) is 0 Å². The van der Waals surface area contributed by atoms with Crippen molar-refractivity contribution in [3.05, 3.63) is 88.5 Å². The van der Waals surface area contributed by atoms with Crippen LogP contribution in [0.2, 0.25) is 0 Å². The first-order valence-electron chi connectivity index (χ1n) is 10.4. The van der Waals surface area contributed by atoms with Gasteiger partial charge in [-0.15, -0.1) is 0 Å². The summed E-state index contributed by atoms with van der Waals surface area (Å²) in [5.41, 5.74) is 3.81. The van der Waals surface area contributed by atoms with Crippen LogP contribution in [-0.2, 0) is 22.3 Å². The number of aromatic nitrogens is 1. The Morgan fingerprint density at radius 1 is 1.03 bits per heavy atom. The van der Waals surface area contributed by atoms with Gasteiger partial charge >= 0.3 is 0 Å². The van der Waals surface area contributed by atoms with Gasteiger partial charge in [-0.25, -0.2) is 17.5 Å². The second-order valence-corrected chi connectivity index (χ2v) is 9.86. The number of nitrogens with zero attached hydrogens (tertiary/aromatic N) is 1. The van der Waals surface area contributed by atoms with Crippen LogP contribution >= 0.6 is 0 Å². The number of carbonyl (C=O) groups excluding carboxylic acids is 1. The van der Waals surface area contributed by atoms with Gasteiger partial charge in [-0.3, -0.25) is 4.79 Å². The summed E-state index contributed by atoms with van der Waals surface area (Å²) < 4.78 is 42.7. The van der Waals surface area contributed by atoms with Gasteiger partial charge < -0.3 is 9.88 Å². The number of hydrogen-bond acceptors (Lipinski definition) is 3. The minimum absolute atomic E-state index is 0.0974. The molecule has 0 fully saturated rings. The Labute approximate surface area is 188 Å². The van der Waals surface area contributed by atoms with Crippen molar-refractivity contribution in [1.82, 2.24) is 14.6 Å². The molecule has 0 aliphatic rings. The number of halogens is 1. The number of nitrogens with one attached hydrogen (secondary N) is 2. The molecule has 170 valence electrons. The summed E-state index contributed by atoms with van der Waals surface area (Å²) in [7, 11) is -3.39. The van der Waals surface area contributed by atoms with E-state index in [9.17, 15) is 17.6 Å². The molecule has 0 radical (unpaired) electrons. The Hall–Kier alpha value is -2.97. The number of hydrogen-bond donors (Lipinski definition) is 2. The normalized spacial score (nSPS) is 11.7. The van der Waals surface area contributed by atoms with Crippen molar-refractivity contribution < 1.29 is 17.6 Å². The molecule has 0 saturated carbocycles. The summed E-state index contributed by atoms with van der Waals surface area (Å²) in [5, 5.41) is 2.88. The number of amides is 1. The highest BCUT2D eigenvalue weighted by Gasteiger charge is 2.18. The molecule has 0 aliphatic heterocycles. The van der Waals surface area contributed by atoms with Crippen molar-refractivity contribution >= 4 is 15.9 Å². The van der Waals surface area contributed by atoms with Gasteiger partial charge in [0.2, 0.25) is 10.0 Å². The van der Waals surface area contributed by atoms with E-state index in [1.807, 2.05) is 6.92 Å². The molecule has 0 spiro atoms. The van der Waals surface area contributed by atoms with E-state index in [-0.39, 0.29) is 23.5 Å². The lowest BCUT2D eigenvalue weighted by Crippen LogP contribution is -2.31. The van der Waals surface area contributed by atoms with Crippen LogP contribution in [0.25, 0.3) is 5.69 Å². The van der Waals surface area contributed by atoms with Gasteiger partial charge in [0.05, 0.1) is 17.0 Å². The Morgan fingerprint density at radius 2 is 1.66 bits per heavy atom. The predicted molar refractivity (Wildman–Crippen MR) is 124 cm³/mol. The van der Waals surface area contributed by atoms with Crippen LogP contribution in [0.1, 0.15) is 46.7 Å². The number of sulfonamides is 1. The Morgan fingerprint density at radius 3 is 2.28 bits per heavy atom. The van der Waals surface area contributed by atoms with E-state index < -0.39 is 10.0 Å². The van der Waals surface area contributed by atoms with Crippen LogP contribution in [0.5, 0.6) is 0 Å². The predicted octanol–water partition coefficient (Wildman–Crippen LogP) is 3.99. The zero-order valence-corrected chi connectivity index (χ0v) is 19.5. The molecule has 1 amide bonds. The molecule has 0 atom stereocenters. The lowest BCUT2D eigenvalue weighted by atomic mass is 10.1. The van der Waals surface area contributed by atoms with Gasteiger partial charge in [0.1, 0.15) is 5.82 Å². The molecule has 0 saturated heterocycles. The molecule has 32 heavy (non-hydrogen) atoms. The lowest BCUT2D eigenvalue weighted by Gasteiger charge is -2.11. The minimum atomic E-state index is -3.39. The van der Waals surface area contributed by atoms with Crippen molar-refractivity contribution in [2.75, 3.05) is 0 Å². The molecule has 2 aromatic carbocycles. The summed E-state index contributed by atoms with van der Waals surface area (Å²) >= 11 is 0. The SMILES string of the molecule is Cc1cc(C(=O)NCc2ccc(CS(=O)(=O)NC(C)C)cc2)c(C)n1-c1ccccc1F. The highest BCUT2D eigenvalue weighted by Crippen LogP contribution is 2.23. The second-order valence-electron chi connectivity index (χ2n) is 8.10. The molecule has 8 heteroatoms. The maximum Gasteiger partial charge on any atom is 0.253 e. The summed E-state index contributed by atoms with van der Waals surface area (Å²) in [6.45, 7) is 7.46. The molecular weight excluding hydrogens is 429 g/mol. The van der Waals surface area contributed by atoms with Crippen LogP contribution < -0.4 is 10.0 Å². The van der Waals surface area contributed by atoms with Crippen LogP contribution in [0.3, 0.4) is 0 Å². The molecule has 1 aromatic heterocycles. The van der Waals surface area contributed by atoms with Gasteiger partial charge in [0.15, 0.2) is 0 Å². The van der Waals surface area contributed by atoms with Gasteiger partial charge in [-0.05, 0) is 57.0 Å². The fourth-order valence-electron chi connectivity index (χ4n) is 3.65. The van der Waals surface area contributed by atoms with E-state index in [0.717, 1.165) is 11.3 Å². The smallest absolute Gasteiger partial charge is 0.253 e. The van der Waals surface area contributed by atoms with Crippen LogP contribution in [0.4, 0.5) is 4.39 Å². The number of carbonyl (C=O) groups is 1. The molecule has 3 rings (SSSR count). The number of para-hydroxylation sites is 1. The lowest BCUT2D eigenvalue weighted by molar-refractivity contribution is 0.0950. The fraction of sp³-hybridized carbons (Fsp3) is 0.292. The van der Waals surface area contributed by atoms with Crippen LogP contribution in [-0.4, -0.2) is 24.9 Å². The Balaban J connectivity index is 1.68. The highest BCUT2D eigenvalue weighted by molar-refractivity contribution is 7.88. The summed E-state index contributed by atoms with van der Waals surface area (Å²) in [6.07, 6.45) is 0. The van der Waals surface area contributed by atoms with Gasteiger partial charge in [-0.1, -0.05) is 36.4 Å². The average Bonchev–Trinajstić information content (AvgIpc) is 3.00. The maximum atomic E-state index is 14.2. The van der Waals surface area contributed by atoms with Crippen molar-refractivity contribution in [3.63, 3.8) is 0 Å². The topological polar surface area (TPSA) is 80.2 Å². The van der Waals surface area contributed by atoms with Crippen molar-refractivity contribution in [2.24, 2.45) is 0 Å². The first-order chi connectivity index (χ1) is 15.1. The van der Waals surface area contributed by atoms with Crippen molar-refractivity contribution in [2.45, 2.75) is 46.0 Å². The molecule has 6 nitrogen and oxygen atoms in total. The fourth-order valence-corrected chi connectivity index (χ4v) is 5.08. The van der Waals surface area contributed by atoms with Gasteiger partial charge in [-0.2, -0.15) is 0 Å². The van der Waals surface area contributed by atoms with Gasteiger partial charge in [0.25, 0.3) is 5.91 Å². The number of rotatable bonds is 8. The van der Waals surface area contributed by atoms with E-state index in [1.54, 1.807) is 73.9 Å². The molecule has 2 N–H and O–H groups in total. The summed E-state index contributed by atoms with van der Waals surface area (Å²) in [5.74, 6) is -0.708. The summed E-state index contributed by atoms with van der Waals surface area (Å²) in [6, 6.07) is 15.1. The molecule has 3 aromatic rings.